The molecule has 2 aromatic heterocycles. The molecule has 1 aliphatic rings. The average Bonchev–Trinajstić information content (AvgIpc) is 2.90. The van der Waals surface area contributed by atoms with Crippen molar-refractivity contribution >= 4 is 17.4 Å². The number of aromatic nitrogens is 3. The Morgan fingerprint density at radius 2 is 2.25 bits per heavy atom. The SMILES string of the molecule is CCC1CCC(CN)C(Sc2nnc3ccccn23)C1. The summed E-state index contributed by atoms with van der Waals surface area (Å²) >= 11 is 1.86. The van der Waals surface area contributed by atoms with Gasteiger partial charge in [-0.25, -0.2) is 0 Å². The Hall–Kier alpha value is -1.07. The molecule has 4 nitrogen and oxygen atoms in total. The first-order valence-corrected chi connectivity index (χ1v) is 8.36. The van der Waals surface area contributed by atoms with Crippen LogP contribution < -0.4 is 5.73 Å². The van der Waals surface area contributed by atoms with E-state index in [-0.39, 0.29) is 0 Å². The van der Waals surface area contributed by atoms with Gasteiger partial charge in [-0.05, 0) is 43.4 Å². The van der Waals surface area contributed by atoms with Crippen LogP contribution in [-0.2, 0) is 0 Å². The van der Waals surface area contributed by atoms with E-state index in [1.165, 1.54) is 25.7 Å². The summed E-state index contributed by atoms with van der Waals surface area (Å²) < 4.78 is 2.08. The minimum Gasteiger partial charge on any atom is -0.330 e. The van der Waals surface area contributed by atoms with E-state index in [4.69, 9.17) is 5.73 Å². The number of pyridine rings is 1. The number of rotatable bonds is 4. The lowest BCUT2D eigenvalue weighted by Crippen LogP contribution is -2.32. The molecule has 108 valence electrons. The summed E-state index contributed by atoms with van der Waals surface area (Å²) in [5, 5.41) is 10.2. The van der Waals surface area contributed by atoms with E-state index in [2.05, 4.69) is 21.5 Å². The Bertz CT molecular complexity index is 568. The molecular weight excluding hydrogens is 268 g/mol. The van der Waals surface area contributed by atoms with Gasteiger partial charge in [0.1, 0.15) is 0 Å². The van der Waals surface area contributed by atoms with Gasteiger partial charge in [-0.1, -0.05) is 37.6 Å². The average molecular weight is 290 g/mol. The first-order chi connectivity index (χ1) is 9.81. The van der Waals surface area contributed by atoms with Crippen LogP contribution in [0.1, 0.15) is 32.6 Å². The second-order valence-electron chi connectivity index (χ2n) is 5.65. The molecule has 2 N–H and O–H groups in total. The molecule has 3 atom stereocenters. The molecular formula is C15H22N4S. The minimum absolute atomic E-state index is 0.575. The van der Waals surface area contributed by atoms with Crippen molar-refractivity contribution in [2.24, 2.45) is 17.6 Å². The molecule has 3 rings (SSSR count). The van der Waals surface area contributed by atoms with Crippen LogP contribution in [0.3, 0.4) is 0 Å². The third-order valence-electron chi connectivity index (χ3n) is 4.46. The van der Waals surface area contributed by atoms with Crippen LogP contribution in [-0.4, -0.2) is 26.4 Å². The fourth-order valence-corrected chi connectivity index (χ4v) is 4.53. The molecule has 0 radical (unpaired) electrons. The quantitative estimate of drug-likeness (QED) is 0.940. The largest absolute Gasteiger partial charge is 0.330 e. The lowest BCUT2D eigenvalue weighted by molar-refractivity contribution is 0.283. The molecule has 3 unspecified atom stereocenters. The lowest BCUT2D eigenvalue weighted by Gasteiger charge is -2.34. The summed E-state index contributed by atoms with van der Waals surface area (Å²) in [5.74, 6) is 1.45. The zero-order valence-corrected chi connectivity index (χ0v) is 12.7. The highest BCUT2D eigenvalue weighted by Gasteiger charge is 2.30. The van der Waals surface area contributed by atoms with Crippen molar-refractivity contribution in [3.8, 4) is 0 Å². The molecule has 20 heavy (non-hydrogen) atoms. The normalized spacial score (nSPS) is 27.0. The summed E-state index contributed by atoms with van der Waals surface area (Å²) in [7, 11) is 0. The Kier molecular flexibility index (Phi) is 4.27. The zero-order chi connectivity index (χ0) is 13.9. The van der Waals surface area contributed by atoms with Crippen molar-refractivity contribution in [1.82, 2.24) is 14.6 Å². The first kappa shape index (κ1) is 13.9. The van der Waals surface area contributed by atoms with E-state index in [0.717, 1.165) is 23.3 Å². The third-order valence-corrected chi connectivity index (χ3v) is 5.83. The van der Waals surface area contributed by atoms with Crippen LogP contribution in [0.5, 0.6) is 0 Å². The highest BCUT2D eigenvalue weighted by Crippen LogP contribution is 2.40. The van der Waals surface area contributed by atoms with Crippen LogP contribution >= 0.6 is 11.8 Å². The smallest absolute Gasteiger partial charge is 0.195 e. The van der Waals surface area contributed by atoms with Crippen molar-refractivity contribution in [2.45, 2.75) is 43.0 Å². The highest BCUT2D eigenvalue weighted by atomic mass is 32.2. The third kappa shape index (κ3) is 2.69. The molecule has 0 aromatic carbocycles. The molecule has 1 aliphatic carbocycles. The van der Waals surface area contributed by atoms with Crippen LogP contribution in [0.2, 0.25) is 0 Å². The van der Waals surface area contributed by atoms with Gasteiger partial charge in [0.25, 0.3) is 0 Å². The number of hydrogen-bond acceptors (Lipinski definition) is 4. The fourth-order valence-electron chi connectivity index (χ4n) is 3.09. The van der Waals surface area contributed by atoms with Gasteiger partial charge in [0.15, 0.2) is 10.8 Å². The van der Waals surface area contributed by atoms with E-state index in [1.807, 2.05) is 36.2 Å². The van der Waals surface area contributed by atoms with Gasteiger partial charge in [0.05, 0.1) is 0 Å². The summed E-state index contributed by atoms with van der Waals surface area (Å²) in [6, 6.07) is 6.01. The van der Waals surface area contributed by atoms with E-state index in [9.17, 15) is 0 Å². The topological polar surface area (TPSA) is 56.2 Å². The Balaban J connectivity index is 1.80. The number of nitrogens with zero attached hydrogens (tertiary/aromatic N) is 3. The van der Waals surface area contributed by atoms with Gasteiger partial charge in [0.2, 0.25) is 0 Å². The van der Waals surface area contributed by atoms with Gasteiger partial charge >= 0.3 is 0 Å². The van der Waals surface area contributed by atoms with Gasteiger partial charge in [-0.3, -0.25) is 4.40 Å². The van der Waals surface area contributed by atoms with Gasteiger partial charge in [0, 0.05) is 11.4 Å². The number of thioether (sulfide) groups is 1. The van der Waals surface area contributed by atoms with Crippen molar-refractivity contribution in [2.75, 3.05) is 6.54 Å². The predicted octanol–water partition coefficient (Wildman–Crippen LogP) is 2.98. The Morgan fingerprint density at radius 3 is 3.05 bits per heavy atom. The fraction of sp³-hybridized carbons (Fsp3) is 0.600. The standard InChI is InChI=1S/C15H22N4S/c1-2-11-6-7-12(10-16)13(9-11)20-15-18-17-14-5-3-4-8-19(14)15/h3-5,8,11-13H,2,6-7,9-10,16H2,1H3. The number of fused-ring (bicyclic) bond motifs is 1. The monoisotopic (exact) mass is 290 g/mol. The van der Waals surface area contributed by atoms with Gasteiger partial charge in [-0.2, -0.15) is 0 Å². The zero-order valence-electron chi connectivity index (χ0n) is 11.9. The molecule has 0 saturated heterocycles. The maximum absolute atomic E-state index is 5.97. The van der Waals surface area contributed by atoms with Crippen molar-refractivity contribution in [1.29, 1.82) is 0 Å². The second-order valence-corrected chi connectivity index (χ2v) is 6.86. The molecule has 2 heterocycles. The van der Waals surface area contributed by atoms with Gasteiger partial charge < -0.3 is 5.73 Å². The van der Waals surface area contributed by atoms with Crippen molar-refractivity contribution < 1.29 is 0 Å². The van der Waals surface area contributed by atoms with Gasteiger partial charge in [-0.15, -0.1) is 10.2 Å². The summed E-state index contributed by atoms with van der Waals surface area (Å²) in [6.07, 6.45) is 7.15. The summed E-state index contributed by atoms with van der Waals surface area (Å²) in [4.78, 5) is 0. The number of hydrogen-bond donors (Lipinski definition) is 1. The van der Waals surface area contributed by atoms with Crippen LogP contribution in [0, 0.1) is 11.8 Å². The van der Waals surface area contributed by atoms with Crippen LogP contribution in [0.25, 0.3) is 5.65 Å². The van der Waals surface area contributed by atoms with Crippen molar-refractivity contribution in [3.05, 3.63) is 24.4 Å². The molecule has 0 spiro atoms. The molecule has 1 saturated carbocycles. The maximum Gasteiger partial charge on any atom is 0.195 e. The van der Waals surface area contributed by atoms with Crippen molar-refractivity contribution in [3.63, 3.8) is 0 Å². The van der Waals surface area contributed by atoms with Crippen LogP contribution in [0.15, 0.2) is 29.6 Å². The molecule has 5 heteroatoms. The van der Waals surface area contributed by atoms with Crippen LogP contribution in [0.4, 0.5) is 0 Å². The molecule has 2 aromatic rings. The first-order valence-electron chi connectivity index (χ1n) is 7.48. The second kappa shape index (κ2) is 6.14. The van der Waals surface area contributed by atoms with E-state index >= 15 is 0 Å². The minimum atomic E-state index is 0.575. The number of nitrogens with two attached hydrogens (primary N) is 1. The lowest BCUT2D eigenvalue weighted by atomic mass is 9.80. The van der Waals surface area contributed by atoms with E-state index < -0.39 is 0 Å². The predicted molar refractivity (Wildman–Crippen MR) is 82.8 cm³/mol. The molecule has 0 aliphatic heterocycles. The Morgan fingerprint density at radius 1 is 1.35 bits per heavy atom. The molecule has 0 amide bonds. The maximum atomic E-state index is 5.97. The van der Waals surface area contributed by atoms with E-state index in [0.29, 0.717) is 11.2 Å². The Labute approximate surface area is 124 Å². The molecule has 0 bridgehead atoms. The summed E-state index contributed by atoms with van der Waals surface area (Å²) in [6.45, 7) is 3.08. The van der Waals surface area contributed by atoms with E-state index in [1.54, 1.807) is 0 Å². The molecule has 1 fully saturated rings. The summed E-state index contributed by atoms with van der Waals surface area (Å²) in [5.41, 5.74) is 6.88. The highest BCUT2D eigenvalue weighted by molar-refractivity contribution is 7.99.